The Morgan fingerprint density at radius 2 is 0.952 bits per heavy atom. The summed E-state index contributed by atoms with van der Waals surface area (Å²) in [6, 6.07) is 0. The molecule has 0 aromatic carbocycles. The van der Waals surface area contributed by atoms with Gasteiger partial charge < -0.3 is 10.6 Å². The number of carbonyl (C=O) groups excluding carboxylic acids is 2. The lowest BCUT2D eigenvalue weighted by Gasteiger charge is -2.42. The summed E-state index contributed by atoms with van der Waals surface area (Å²) in [6.07, 6.45) is -7.93. The topological polar surface area (TPSA) is 95.6 Å². The van der Waals surface area contributed by atoms with Gasteiger partial charge in [0.1, 0.15) is 0 Å². The number of nitrogens with one attached hydrogen (secondary N) is 2. The van der Waals surface area contributed by atoms with Crippen LogP contribution >= 0.6 is 15.9 Å². The Kier molecular flexibility index (Phi) is 11.7. The Labute approximate surface area is 231 Å². The average molecular weight is 748 g/mol. The first-order chi connectivity index (χ1) is 18.3. The third kappa shape index (κ3) is 6.33. The molecule has 0 aliphatic carbocycles. The molecule has 0 spiro atoms. The van der Waals surface area contributed by atoms with Gasteiger partial charge in [0.05, 0.1) is 11.9 Å². The van der Waals surface area contributed by atoms with E-state index in [4.69, 9.17) is 0 Å². The third-order valence-electron chi connectivity index (χ3n) is 4.92. The summed E-state index contributed by atoms with van der Waals surface area (Å²) in [7, 11) is -7.59. The van der Waals surface area contributed by atoms with Crippen LogP contribution in [0.1, 0.15) is 6.92 Å². The highest BCUT2D eigenvalue weighted by molar-refractivity contribution is 9.09. The Hall–Kier alpha value is -1.86. The van der Waals surface area contributed by atoms with Crippen molar-refractivity contribution in [2.75, 3.05) is 31.5 Å². The Morgan fingerprint density at radius 1 is 0.619 bits per heavy atom. The van der Waals surface area contributed by atoms with Gasteiger partial charge in [-0.25, -0.2) is 8.42 Å². The average Bonchev–Trinajstić information content (AvgIpc) is 2.83. The summed E-state index contributed by atoms with van der Waals surface area (Å²) in [5, 5.41) is -4.26. The van der Waals surface area contributed by atoms with Gasteiger partial charge in [0, 0.05) is 19.6 Å². The number of nitrogens with zero attached hydrogens (tertiary/aromatic N) is 1. The molecule has 0 radical (unpaired) electrons. The van der Waals surface area contributed by atoms with E-state index in [1.54, 1.807) is 5.32 Å². The molecule has 7 nitrogen and oxygen atoms in total. The zero-order valence-electron chi connectivity index (χ0n) is 19.8. The van der Waals surface area contributed by atoms with E-state index < -0.39 is 99.3 Å². The molecule has 0 fully saturated rings. The molecule has 250 valence electrons. The first-order valence-electron chi connectivity index (χ1n) is 10.1. The number of carbonyl (C=O) groups is 2. The van der Waals surface area contributed by atoms with E-state index in [0.717, 1.165) is 0 Å². The van der Waals surface area contributed by atoms with Gasteiger partial charge in [-0.2, -0.15) is 78.9 Å². The van der Waals surface area contributed by atoms with Gasteiger partial charge in [-0.05, 0) is 0 Å². The van der Waals surface area contributed by atoms with Crippen molar-refractivity contribution in [2.24, 2.45) is 0 Å². The maximum Gasteiger partial charge on any atom is 0.460 e. The molecule has 0 aliphatic heterocycles. The van der Waals surface area contributed by atoms with E-state index in [1.165, 1.54) is 0 Å². The van der Waals surface area contributed by atoms with E-state index in [9.17, 15) is 92.6 Å². The van der Waals surface area contributed by atoms with E-state index >= 15 is 0 Å². The molecular weight excluding hydrogens is 733 g/mol. The van der Waals surface area contributed by atoms with Crippen molar-refractivity contribution in [3.63, 3.8) is 0 Å². The Morgan fingerprint density at radius 3 is 1.29 bits per heavy atom. The van der Waals surface area contributed by atoms with Crippen molar-refractivity contribution in [1.29, 1.82) is 0 Å². The minimum atomic E-state index is -8.95. The molecule has 0 saturated carbocycles. The van der Waals surface area contributed by atoms with Gasteiger partial charge in [-0.15, -0.1) is 0 Å². The van der Waals surface area contributed by atoms with Crippen LogP contribution < -0.4 is 10.6 Å². The molecule has 2 N–H and O–H groups in total. The van der Waals surface area contributed by atoms with E-state index in [2.05, 4.69) is 21.2 Å². The number of rotatable bonds is 15. The maximum absolute atomic E-state index is 14.3. The molecule has 2 amide bonds. The normalized spacial score (nSPS) is 15.1. The van der Waals surface area contributed by atoms with Crippen LogP contribution in [0.15, 0.2) is 0 Å². The fourth-order valence-corrected chi connectivity index (χ4v) is 4.11. The van der Waals surface area contributed by atoms with Crippen LogP contribution in [0.25, 0.3) is 0 Å². The monoisotopic (exact) mass is 747 g/mol. The van der Waals surface area contributed by atoms with Gasteiger partial charge in [-0.3, -0.25) is 9.59 Å². The highest BCUT2D eigenvalue weighted by Gasteiger charge is 2.96. The van der Waals surface area contributed by atoms with Crippen molar-refractivity contribution < 1.29 is 92.6 Å². The van der Waals surface area contributed by atoms with Crippen LogP contribution in [0.5, 0.6) is 0 Å². The largest absolute Gasteiger partial charge is 0.460 e. The van der Waals surface area contributed by atoms with E-state index in [0.29, 0.717) is 6.92 Å². The van der Waals surface area contributed by atoms with Gasteiger partial charge in [0.25, 0.3) is 10.0 Å². The molecule has 26 heteroatoms. The number of hydrogen-bond acceptors (Lipinski definition) is 4. The summed E-state index contributed by atoms with van der Waals surface area (Å²) in [4.78, 5) is 22.7. The molecule has 0 aliphatic rings. The van der Waals surface area contributed by atoms with Gasteiger partial charge >= 0.3 is 47.0 Å². The summed E-state index contributed by atoms with van der Waals surface area (Å²) in [5.74, 6) is -54.7. The molecule has 0 aromatic rings. The summed E-state index contributed by atoms with van der Waals surface area (Å²) in [5.41, 5.74) is 0. The number of amides is 2. The van der Waals surface area contributed by atoms with Gasteiger partial charge in [0.15, 0.2) is 0 Å². The molecule has 42 heavy (non-hydrogen) atoms. The van der Waals surface area contributed by atoms with Crippen LogP contribution in [0.3, 0.4) is 0 Å². The van der Waals surface area contributed by atoms with Crippen LogP contribution in [-0.4, -0.2) is 103 Å². The van der Waals surface area contributed by atoms with Gasteiger partial charge in [-0.1, -0.05) is 22.9 Å². The highest BCUT2D eigenvalue weighted by atomic mass is 79.9. The second-order valence-electron chi connectivity index (χ2n) is 7.73. The van der Waals surface area contributed by atoms with Crippen LogP contribution in [0.2, 0.25) is 0 Å². The summed E-state index contributed by atoms with van der Waals surface area (Å²) in [6.45, 7) is -4.19. The molecule has 0 saturated heterocycles. The zero-order chi connectivity index (χ0) is 34.2. The van der Waals surface area contributed by atoms with Gasteiger partial charge in [0.2, 0.25) is 11.8 Å². The number of alkyl halides is 18. The quantitative estimate of drug-likeness (QED) is 0.149. The summed E-state index contributed by atoms with van der Waals surface area (Å²) >= 11 is 2.69. The molecule has 0 aromatic heterocycles. The fraction of sp³-hybridized carbons (Fsp3) is 0.875. The zero-order valence-corrected chi connectivity index (χ0v) is 22.2. The first-order valence-corrected chi connectivity index (χ1v) is 12.7. The number of halogens is 18. The first kappa shape index (κ1) is 40.1. The fourth-order valence-electron chi connectivity index (χ4n) is 2.51. The Balaban J connectivity index is 6.55. The Bertz CT molecular complexity index is 1100. The molecule has 0 heterocycles. The lowest BCUT2D eigenvalue weighted by Crippen LogP contribution is -2.75. The highest BCUT2D eigenvalue weighted by Crippen LogP contribution is 2.64. The van der Waals surface area contributed by atoms with Crippen LogP contribution in [0.4, 0.5) is 74.6 Å². The number of sulfonamides is 1. The number of likely N-dealkylation sites (N-methyl/N-ethyl adjacent to an activating group) is 1. The predicted molar refractivity (Wildman–Crippen MR) is 107 cm³/mol. The van der Waals surface area contributed by atoms with Crippen molar-refractivity contribution >= 4 is 37.8 Å². The maximum atomic E-state index is 14.3. The second kappa shape index (κ2) is 12.3. The van der Waals surface area contributed by atoms with Crippen LogP contribution in [0, 0.1) is 0 Å². The molecule has 0 bridgehead atoms. The van der Waals surface area contributed by atoms with E-state index in [1.807, 2.05) is 0 Å². The SMILES string of the molecule is CCN(CC(=O)NCCNC(=O)CBr)S(=O)(=O)C(F)(F)C(F)(F)C(F)(F)C(F)(F)C(F)(F)C(F)(F)C(F)(F)C(F)(F)F. The smallest absolute Gasteiger partial charge is 0.354 e. The minimum absolute atomic E-state index is 0.260. The number of hydrogen-bond donors (Lipinski definition) is 2. The van der Waals surface area contributed by atoms with Crippen molar-refractivity contribution in [3.05, 3.63) is 0 Å². The predicted octanol–water partition coefficient (Wildman–Crippen LogP) is 4.23. The minimum Gasteiger partial charge on any atom is -0.354 e. The molecular formula is C16H15BrF17N3O4S. The third-order valence-corrected chi connectivity index (χ3v) is 7.40. The molecule has 0 atom stereocenters. The standard InChI is InChI=1S/C16H15BrF17N3O4S/c1-2-37(6-8(39)36-4-3-35-7(38)5-17)42(40,41)16(33,34)14(28,29)12(24,25)10(20,21)9(18,19)11(22,23)13(26,27)15(30,31)32/h2-6H2,1H3,(H,35,38)(H,36,39). The van der Waals surface area contributed by atoms with E-state index in [-0.39, 0.29) is 5.33 Å². The van der Waals surface area contributed by atoms with Crippen LogP contribution in [-0.2, 0) is 19.6 Å². The lowest BCUT2D eigenvalue weighted by atomic mass is 9.91. The van der Waals surface area contributed by atoms with Crippen molar-refractivity contribution in [3.8, 4) is 0 Å². The lowest BCUT2D eigenvalue weighted by molar-refractivity contribution is -0.458. The summed E-state index contributed by atoms with van der Waals surface area (Å²) < 4.78 is 251. The molecule has 0 unspecified atom stereocenters. The van der Waals surface area contributed by atoms with Crippen molar-refractivity contribution in [1.82, 2.24) is 14.9 Å². The molecule has 0 rings (SSSR count). The second-order valence-corrected chi connectivity index (χ2v) is 10.3. The van der Waals surface area contributed by atoms with Crippen molar-refractivity contribution in [2.45, 2.75) is 53.9 Å².